The molecule has 2 rings (SSSR count). The Labute approximate surface area is 141 Å². The summed E-state index contributed by atoms with van der Waals surface area (Å²) in [6.45, 7) is 5.21. The van der Waals surface area contributed by atoms with E-state index in [1.807, 2.05) is 24.3 Å². The van der Waals surface area contributed by atoms with Crippen molar-refractivity contribution in [2.24, 2.45) is 0 Å². The Kier molecular flexibility index (Phi) is 6.40. The van der Waals surface area contributed by atoms with Crippen molar-refractivity contribution in [1.82, 2.24) is 15.6 Å². The second-order valence-corrected chi connectivity index (χ2v) is 6.42. The van der Waals surface area contributed by atoms with Gasteiger partial charge in [0.25, 0.3) is 0 Å². The smallest absolute Gasteiger partial charge is 0.315 e. The Hall–Kier alpha value is -2.08. The van der Waals surface area contributed by atoms with E-state index in [4.69, 9.17) is 4.74 Å². The molecule has 6 heteroatoms. The number of nitrogens with zero attached hydrogens (tertiary/aromatic N) is 1. The Bertz CT molecular complexity index is 655. The van der Waals surface area contributed by atoms with E-state index in [1.165, 1.54) is 4.88 Å². The van der Waals surface area contributed by atoms with Gasteiger partial charge in [-0.25, -0.2) is 9.78 Å². The van der Waals surface area contributed by atoms with Crippen molar-refractivity contribution in [3.05, 3.63) is 45.4 Å². The minimum atomic E-state index is -0.181. The summed E-state index contributed by atoms with van der Waals surface area (Å²) in [5, 5.41) is 6.78. The number of aromatic nitrogens is 1. The molecule has 1 aromatic carbocycles. The van der Waals surface area contributed by atoms with Crippen LogP contribution in [-0.4, -0.2) is 24.7 Å². The Morgan fingerprint density at radius 1 is 1.30 bits per heavy atom. The fourth-order valence-electron chi connectivity index (χ4n) is 2.29. The van der Waals surface area contributed by atoms with Gasteiger partial charge in [-0.05, 0) is 19.4 Å². The molecular weight excluding hydrogens is 310 g/mol. The van der Waals surface area contributed by atoms with Crippen LogP contribution in [0.4, 0.5) is 4.79 Å². The summed E-state index contributed by atoms with van der Waals surface area (Å²) in [6.07, 6.45) is 1.71. The number of hydrogen-bond donors (Lipinski definition) is 2. The molecule has 0 atom stereocenters. The number of hydrogen-bond acceptors (Lipinski definition) is 4. The number of thiazole rings is 1. The minimum Gasteiger partial charge on any atom is -0.496 e. The number of carbonyl (C=O) groups excluding carboxylic acids is 1. The van der Waals surface area contributed by atoms with E-state index in [0.717, 1.165) is 34.9 Å². The summed E-state index contributed by atoms with van der Waals surface area (Å²) in [5.74, 6) is 0.776. The summed E-state index contributed by atoms with van der Waals surface area (Å²) in [6, 6.07) is 7.46. The van der Waals surface area contributed by atoms with Gasteiger partial charge in [0.15, 0.2) is 0 Å². The van der Waals surface area contributed by atoms with Crippen LogP contribution >= 0.6 is 11.3 Å². The molecule has 23 heavy (non-hydrogen) atoms. The van der Waals surface area contributed by atoms with E-state index < -0.39 is 0 Å². The maximum atomic E-state index is 11.9. The molecule has 0 aliphatic heterocycles. The van der Waals surface area contributed by atoms with Crippen molar-refractivity contribution in [2.75, 3.05) is 13.7 Å². The number of methoxy groups -OCH3 is 1. The molecule has 0 aliphatic rings. The molecule has 1 heterocycles. The van der Waals surface area contributed by atoms with Crippen molar-refractivity contribution in [2.45, 2.75) is 33.2 Å². The van der Waals surface area contributed by atoms with E-state index in [2.05, 4.69) is 29.5 Å². The highest BCUT2D eigenvalue weighted by molar-refractivity contribution is 7.11. The lowest BCUT2D eigenvalue weighted by Gasteiger charge is -2.10. The minimum absolute atomic E-state index is 0.181. The first kappa shape index (κ1) is 17.3. The number of carbonyl (C=O) groups is 1. The van der Waals surface area contributed by atoms with Gasteiger partial charge >= 0.3 is 6.03 Å². The molecule has 0 bridgehead atoms. The number of benzene rings is 1. The molecule has 0 saturated carbocycles. The van der Waals surface area contributed by atoms with Crippen molar-refractivity contribution in [1.29, 1.82) is 0 Å². The predicted octanol–water partition coefficient (Wildman–Crippen LogP) is 3.06. The van der Waals surface area contributed by atoms with Crippen LogP contribution in [-0.2, 0) is 19.4 Å². The van der Waals surface area contributed by atoms with Crippen LogP contribution < -0.4 is 15.4 Å². The largest absolute Gasteiger partial charge is 0.496 e. The maximum absolute atomic E-state index is 11.9. The number of nitrogens with one attached hydrogen (secondary N) is 2. The van der Waals surface area contributed by atoms with Crippen molar-refractivity contribution in [3.8, 4) is 5.75 Å². The first-order valence-corrected chi connectivity index (χ1v) is 8.54. The van der Waals surface area contributed by atoms with Crippen molar-refractivity contribution >= 4 is 17.4 Å². The molecule has 0 unspecified atom stereocenters. The number of ether oxygens (including phenoxy) is 1. The SMILES string of the molecule is CCc1nc(CCNC(=O)NCc2ccccc2OC)sc1C. The number of rotatable bonds is 7. The van der Waals surface area contributed by atoms with Gasteiger partial charge in [0.2, 0.25) is 0 Å². The lowest BCUT2D eigenvalue weighted by Crippen LogP contribution is -2.36. The molecule has 0 saturated heterocycles. The summed E-state index contributed by atoms with van der Waals surface area (Å²) >= 11 is 1.71. The standard InChI is InChI=1S/C17H23N3O2S/c1-4-14-12(2)23-16(20-14)9-10-18-17(21)19-11-13-7-5-6-8-15(13)22-3/h5-8H,4,9-11H2,1-3H3,(H2,18,19,21). The van der Waals surface area contributed by atoms with Crippen LogP contribution in [0, 0.1) is 6.92 Å². The monoisotopic (exact) mass is 333 g/mol. The zero-order chi connectivity index (χ0) is 16.7. The topological polar surface area (TPSA) is 63.2 Å². The van der Waals surface area contributed by atoms with E-state index in [-0.39, 0.29) is 6.03 Å². The zero-order valence-electron chi connectivity index (χ0n) is 13.8. The predicted molar refractivity (Wildman–Crippen MR) is 93.2 cm³/mol. The maximum Gasteiger partial charge on any atom is 0.315 e. The average molecular weight is 333 g/mol. The second-order valence-electron chi connectivity index (χ2n) is 5.14. The van der Waals surface area contributed by atoms with Gasteiger partial charge in [0, 0.05) is 30.0 Å². The van der Waals surface area contributed by atoms with E-state index >= 15 is 0 Å². The van der Waals surface area contributed by atoms with Gasteiger partial charge in [-0.1, -0.05) is 25.1 Å². The zero-order valence-corrected chi connectivity index (χ0v) is 14.6. The molecule has 0 spiro atoms. The fourth-order valence-corrected chi connectivity index (χ4v) is 3.31. The molecule has 0 aliphatic carbocycles. The normalized spacial score (nSPS) is 10.4. The van der Waals surface area contributed by atoms with Gasteiger partial charge in [0.1, 0.15) is 5.75 Å². The van der Waals surface area contributed by atoms with Crippen LogP contribution in [0.1, 0.15) is 28.1 Å². The summed E-state index contributed by atoms with van der Waals surface area (Å²) in [4.78, 5) is 17.7. The van der Waals surface area contributed by atoms with Gasteiger partial charge in [0.05, 0.1) is 17.8 Å². The van der Waals surface area contributed by atoms with Crippen LogP contribution in [0.2, 0.25) is 0 Å². The third kappa shape index (κ3) is 4.96. The number of para-hydroxylation sites is 1. The second kappa shape index (κ2) is 8.53. The highest BCUT2D eigenvalue weighted by Crippen LogP contribution is 2.18. The van der Waals surface area contributed by atoms with Crippen molar-refractivity contribution in [3.63, 3.8) is 0 Å². The Morgan fingerprint density at radius 3 is 2.78 bits per heavy atom. The van der Waals surface area contributed by atoms with E-state index in [9.17, 15) is 4.79 Å². The van der Waals surface area contributed by atoms with Crippen LogP contribution in [0.15, 0.2) is 24.3 Å². The first-order valence-electron chi connectivity index (χ1n) is 7.72. The molecule has 0 fully saturated rings. The fraction of sp³-hybridized carbons (Fsp3) is 0.412. The molecule has 124 valence electrons. The molecular formula is C17H23N3O2S. The Morgan fingerprint density at radius 2 is 2.09 bits per heavy atom. The molecule has 2 N–H and O–H groups in total. The van der Waals surface area contributed by atoms with Crippen LogP contribution in [0.3, 0.4) is 0 Å². The quantitative estimate of drug-likeness (QED) is 0.818. The van der Waals surface area contributed by atoms with Crippen LogP contribution in [0.25, 0.3) is 0 Å². The number of aryl methyl sites for hydroxylation is 2. The Balaban J connectivity index is 1.74. The lowest BCUT2D eigenvalue weighted by atomic mass is 10.2. The number of urea groups is 1. The molecule has 5 nitrogen and oxygen atoms in total. The molecule has 0 radical (unpaired) electrons. The molecule has 2 aromatic rings. The summed E-state index contributed by atoms with van der Waals surface area (Å²) in [7, 11) is 1.62. The van der Waals surface area contributed by atoms with Gasteiger partial charge in [-0.2, -0.15) is 0 Å². The van der Waals surface area contributed by atoms with Gasteiger partial charge in [-0.3, -0.25) is 0 Å². The molecule has 2 amide bonds. The molecule has 1 aromatic heterocycles. The third-order valence-electron chi connectivity index (χ3n) is 3.53. The average Bonchev–Trinajstić information content (AvgIpc) is 2.93. The first-order chi connectivity index (χ1) is 11.1. The number of amides is 2. The van der Waals surface area contributed by atoms with Crippen molar-refractivity contribution < 1.29 is 9.53 Å². The summed E-state index contributed by atoms with van der Waals surface area (Å²) < 4.78 is 5.26. The summed E-state index contributed by atoms with van der Waals surface area (Å²) in [5.41, 5.74) is 2.11. The van der Waals surface area contributed by atoms with E-state index in [1.54, 1.807) is 18.4 Å². The highest BCUT2D eigenvalue weighted by Gasteiger charge is 2.07. The third-order valence-corrected chi connectivity index (χ3v) is 4.60. The lowest BCUT2D eigenvalue weighted by molar-refractivity contribution is 0.240. The highest BCUT2D eigenvalue weighted by atomic mass is 32.1. The van der Waals surface area contributed by atoms with Gasteiger partial charge in [-0.15, -0.1) is 11.3 Å². The van der Waals surface area contributed by atoms with Crippen LogP contribution in [0.5, 0.6) is 5.75 Å². The van der Waals surface area contributed by atoms with E-state index in [0.29, 0.717) is 13.1 Å². The van der Waals surface area contributed by atoms with Gasteiger partial charge < -0.3 is 15.4 Å².